The molecule has 4 nitrogen and oxygen atoms in total. The Labute approximate surface area is 113 Å². The van der Waals surface area contributed by atoms with Crippen LogP contribution in [0.15, 0.2) is 29.4 Å². The SMILES string of the molecule is CC1(C)CC(c2ccc(N)cc2)=NN(C2CC2)C1=O. The summed E-state index contributed by atoms with van der Waals surface area (Å²) in [6.07, 6.45) is 2.82. The van der Waals surface area contributed by atoms with Crippen LogP contribution in [0, 0.1) is 5.41 Å². The van der Waals surface area contributed by atoms with Crippen LogP contribution in [0.1, 0.15) is 38.7 Å². The summed E-state index contributed by atoms with van der Waals surface area (Å²) < 4.78 is 0. The fraction of sp³-hybridized carbons (Fsp3) is 0.467. The van der Waals surface area contributed by atoms with Crippen molar-refractivity contribution >= 4 is 17.3 Å². The minimum absolute atomic E-state index is 0.147. The van der Waals surface area contributed by atoms with Gasteiger partial charge in [-0.15, -0.1) is 0 Å². The van der Waals surface area contributed by atoms with E-state index in [-0.39, 0.29) is 11.3 Å². The van der Waals surface area contributed by atoms with Crippen molar-refractivity contribution in [2.75, 3.05) is 5.73 Å². The molecule has 0 unspecified atom stereocenters. The monoisotopic (exact) mass is 257 g/mol. The maximum absolute atomic E-state index is 12.4. The van der Waals surface area contributed by atoms with E-state index in [2.05, 4.69) is 5.10 Å². The Morgan fingerprint density at radius 2 is 1.89 bits per heavy atom. The largest absolute Gasteiger partial charge is 0.399 e. The van der Waals surface area contributed by atoms with E-state index in [0.29, 0.717) is 12.5 Å². The number of hydrogen-bond acceptors (Lipinski definition) is 3. The zero-order chi connectivity index (χ0) is 13.6. The normalized spacial score (nSPS) is 22.3. The van der Waals surface area contributed by atoms with Crippen LogP contribution < -0.4 is 5.73 Å². The maximum Gasteiger partial charge on any atom is 0.248 e. The molecule has 100 valence electrons. The van der Waals surface area contributed by atoms with Crippen LogP contribution in [0.4, 0.5) is 5.69 Å². The predicted molar refractivity (Wildman–Crippen MR) is 75.7 cm³/mol. The molecule has 1 aromatic carbocycles. The highest BCUT2D eigenvalue weighted by Gasteiger charge is 2.43. The highest BCUT2D eigenvalue weighted by molar-refractivity contribution is 6.06. The molecule has 3 rings (SSSR count). The Hall–Kier alpha value is -1.84. The minimum Gasteiger partial charge on any atom is -0.399 e. The summed E-state index contributed by atoms with van der Waals surface area (Å²) in [5.41, 5.74) is 8.12. The number of rotatable bonds is 2. The van der Waals surface area contributed by atoms with Crippen LogP contribution in [-0.2, 0) is 4.79 Å². The molecule has 2 aliphatic rings. The van der Waals surface area contributed by atoms with Gasteiger partial charge in [0.2, 0.25) is 5.91 Å². The van der Waals surface area contributed by atoms with Gasteiger partial charge < -0.3 is 5.73 Å². The van der Waals surface area contributed by atoms with Gasteiger partial charge in [0, 0.05) is 12.1 Å². The van der Waals surface area contributed by atoms with Crippen LogP contribution in [0.2, 0.25) is 0 Å². The Morgan fingerprint density at radius 1 is 1.26 bits per heavy atom. The molecular weight excluding hydrogens is 238 g/mol. The highest BCUT2D eigenvalue weighted by Crippen LogP contribution is 2.37. The second-order valence-electron chi connectivity index (χ2n) is 6.11. The number of hydrogen-bond donors (Lipinski definition) is 1. The van der Waals surface area contributed by atoms with Gasteiger partial charge in [0.1, 0.15) is 0 Å². The summed E-state index contributed by atoms with van der Waals surface area (Å²) in [6.45, 7) is 3.99. The first kappa shape index (κ1) is 12.2. The van der Waals surface area contributed by atoms with Crippen molar-refractivity contribution in [3.05, 3.63) is 29.8 Å². The fourth-order valence-corrected chi connectivity index (χ4v) is 2.42. The van der Waals surface area contributed by atoms with Gasteiger partial charge in [0.25, 0.3) is 0 Å². The molecular formula is C15H19N3O. The van der Waals surface area contributed by atoms with Gasteiger partial charge in [0.05, 0.1) is 17.2 Å². The second-order valence-corrected chi connectivity index (χ2v) is 6.11. The van der Waals surface area contributed by atoms with Gasteiger partial charge in [-0.2, -0.15) is 5.10 Å². The standard InChI is InChI=1S/C15H19N3O/c1-15(2)9-13(10-3-5-11(16)6-4-10)17-18(14(15)19)12-7-8-12/h3-6,12H,7-9,16H2,1-2H3. The molecule has 2 N–H and O–H groups in total. The molecule has 1 saturated carbocycles. The number of nitrogens with two attached hydrogens (primary N) is 1. The molecule has 0 aromatic heterocycles. The van der Waals surface area contributed by atoms with Crippen molar-refractivity contribution in [3.63, 3.8) is 0 Å². The van der Waals surface area contributed by atoms with Crippen LogP contribution in [0.25, 0.3) is 0 Å². The van der Waals surface area contributed by atoms with E-state index < -0.39 is 0 Å². The molecule has 0 radical (unpaired) electrons. The Balaban J connectivity index is 1.98. The van der Waals surface area contributed by atoms with Gasteiger partial charge in [-0.3, -0.25) is 4.79 Å². The van der Waals surface area contributed by atoms with E-state index >= 15 is 0 Å². The van der Waals surface area contributed by atoms with Gasteiger partial charge in [0.15, 0.2) is 0 Å². The zero-order valence-electron chi connectivity index (χ0n) is 11.4. The summed E-state index contributed by atoms with van der Waals surface area (Å²) in [5.74, 6) is 0.147. The Morgan fingerprint density at radius 3 is 2.47 bits per heavy atom. The molecule has 19 heavy (non-hydrogen) atoms. The molecule has 0 bridgehead atoms. The van der Waals surface area contributed by atoms with Crippen molar-refractivity contribution in [1.29, 1.82) is 0 Å². The van der Waals surface area contributed by atoms with Crippen molar-refractivity contribution in [2.24, 2.45) is 10.5 Å². The summed E-state index contributed by atoms with van der Waals surface area (Å²) in [5, 5.41) is 6.28. The van der Waals surface area contributed by atoms with E-state index in [4.69, 9.17) is 5.73 Å². The smallest absolute Gasteiger partial charge is 0.248 e. The number of nitrogen functional groups attached to an aromatic ring is 1. The lowest BCUT2D eigenvalue weighted by molar-refractivity contribution is -0.141. The number of carbonyl (C=O) groups excluding carboxylic acids is 1. The number of benzene rings is 1. The molecule has 0 atom stereocenters. The van der Waals surface area contributed by atoms with Crippen molar-refractivity contribution < 1.29 is 4.79 Å². The third kappa shape index (κ3) is 2.23. The predicted octanol–water partition coefficient (Wildman–Crippen LogP) is 2.39. The van der Waals surface area contributed by atoms with E-state index in [9.17, 15) is 4.79 Å². The van der Waals surface area contributed by atoms with E-state index in [1.807, 2.05) is 38.1 Å². The number of nitrogens with zero attached hydrogens (tertiary/aromatic N) is 2. The first-order valence-electron chi connectivity index (χ1n) is 6.74. The molecule has 1 aliphatic carbocycles. The van der Waals surface area contributed by atoms with Crippen molar-refractivity contribution in [3.8, 4) is 0 Å². The lowest BCUT2D eigenvalue weighted by Crippen LogP contribution is -2.45. The van der Waals surface area contributed by atoms with Crippen LogP contribution in [0.5, 0.6) is 0 Å². The summed E-state index contributed by atoms with van der Waals surface area (Å²) in [7, 11) is 0. The number of amides is 1. The van der Waals surface area contributed by atoms with Crippen LogP contribution >= 0.6 is 0 Å². The highest BCUT2D eigenvalue weighted by atomic mass is 16.2. The van der Waals surface area contributed by atoms with Gasteiger partial charge >= 0.3 is 0 Å². The van der Waals surface area contributed by atoms with E-state index in [1.165, 1.54) is 0 Å². The van der Waals surface area contributed by atoms with Gasteiger partial charge in [-0.1, -0.05) is 26.0 Å². The Bertz CT molecular complexity index is 541. The quantitative estimate of drug-likeness (QED) is 0.827. The molecule has 0 spiro atoms. The number of hydrazone groups is 1. The lowest BCUT2D eigenvalue weighted by Gasteiger charge is -2.34. The number of carbonyl (C=O) groups is 1. The molecule has 1 heterocycles. The number of anilines is 1. The first-order valence-corrected chi connectivity index (χ1v) is 6.74. The third-order valence-electron chi connectivity index (χ3n) is 3.76. The molecule has 1 aliphatic heterocycles. The topological polar surface area (TPSA) is 58.7 Å². The summed E-state index contributed by atoms with van der Waals surface area (Å²) in [6, 6.07) is 8.03. The van der Waals surface area contributed by atoms with Gasteiger partial charge in [-0.05, 0) is 30.5 Å². The summed E-state index contributed by atoms with van der Waals surface area (Å²) in [4.78, 5) is 12.4. The molecule has 1 amide bonds. The lowest BCUT2D eigenvalue weighted by atomic mass is 9.82. The van der Waals surface area contributed by atoms with Crippen LogP contribution in [-0.4, -0.2) is 22.7 Å². The maximum atomic E-state index is 12.4. The average molecular weight is 257 g/mol. The minimum atomic E-state index is -0.374. The van der Waals surface area contributed by atoms with Crippen LogP contribution in [0.3, 0.4) is 0 Å². The van der Waals surface area contributed by atoms with Crippen molar-refractivity contribution in [2.45, 2.75) is 39.2 Å². The van der Waals surface area contributed by atoms with E-state index in [0.717, 1.165) is 29.8 Å². The average Bonchev–Trinajstić information content (AvgIpc) is 3.17. The fourth-order valence-electron chi connectivity index (χ4n) is 2.42. The first-order chi connectivity index (χ1) is 8.97. The second kappa shape index (κ2) is 4.08. The van der Waals surface area contributed by atoms with E-state index in [1.54, 1.807) is 5.01 Å². The zero-order valence-corrected chi connectivity index (χ0v) is 11.4. The third-order valence-corrected chi connectivity index (χ3v) is 3.76. The molecule has 1 fully saturated rings. The molecule has 1 aromatic rings. The Kier molecular flexibility index (Phi) is 2.62. The molecule has 0 saturated heterocycles. The molecule has 4 heteroatoms. The van der Waals surface area contributed by atoms with Crippen molar-refractivity contribution in [1.82, 2.24) is 5.01 Å². The van der Waals surface area contributed by atoms with Gasteiger partial charge in [-0.25, -0.2) is 5.01 Å². The summed E-state index contributed by atoms with van der Waals surface area (Å²) >= 11 is 0.